The summed E-state index contributed by atoms with van der Waals surface area (Å²) in [7, 11) is 0. The standard InChI is InChI=1S/C33H39F4N7O4/c1-5-43-17-20(16-38-43)28-29(41-11-8-22(9-12-41)47-27-7-6-21(34)14-23(27)35)40-24-10-13-42(18-25(24)39-28)30(45)26-15-33(36,37)19-44(26)31(46)48-32(2,3)4/h6-7,14,16-17,22,26H,5,8-13,15,18-19H2,1-4H3. The molecule has 1 aromatic carbocycles. The first-order valence-electron chi connectivity index (χ1n) is 16.1. The molecule has 1 atom stereocenters. The van der Waals surface area contributed by atoms with Gasteiger partial charge in [-0.3, -0.25) is 14.4 Å². The maximum Gasteiger partial charge on any atom is 0.411 e. The average Bonchev–Trinajstić information content (AvgIpc) is 3.65. The lowest BCUT2D eigenvalue weighted by atomic mass is 10.0. The third kappa shape index (κ3) is 7.19. The number of benzene rings is 1. The van der Waals surface area contributed by atoms with Crippen molar-refractivity contribution in [2.24, 2.45) is 0 Å². The van der Waals surface area contributed by atoms with Crippen molar-refractivity contribution in [3.05, 3.63) is 53.6 Å². The predicted molar refractivity (Wildman–Crippen MR) is 167 cm³/mol. The Hall–Kier alpha value is -4.43. The Morgan fingerprint density at radius 2 is 1.81 bits per heavy atom. The molecule has 0 saturated carbocycles. The van der Waals surface area contributed by atoms with Crippen LogP contribution in [0.5, 0.6) is 5.75 Å². The Balaban J connectivity index is 1.22. The lowest BCUT2D eigenvalue weighted by Crippen LogP contribution is -2.50. The summed E-state index contributed by atoms with van der Waals surface area (Å²) in [5.41, 5.74) is 1.60. The zero-order valence-electron chi connectivity index (χ0n) is 27.4. The molecular weight excluding hydrogens is 634 g/mol. The minimum Gasteiger partial charge on any atom is -0.487 e. The van der Waals surface area contributed by atoms with Gasteiger partial charge in [0.15, 0.2) is 17.4 Å². The predicted octanol–water partition coefficient (Wildman–Crippen LogP) is 5.22. The second-order valence-electron chi connectivity index (χ2n) is 13.4. The van der Waals surface area contributed by atoms with E-state index in [9.17, 15) is 27.2 Å². The van der Waals surface area contributed by atoms with Crippen LogP contribution < -0.4 is 9.64 Å². The minimum absolute atomic E-state index is 0.00531. The van der Waals surface area contributed by atoms with Gasteiger partial charge in [0.1, 0.15) is 29.3 Å². The molecule has 1 unspecified atom stereocenters. The zero-order valence-corrected chi connectivity index (χ0v) is 27.4. The second-order valence-corrected chi connectivity index (χ2v) is 13.4. The van der Waals surface area contributed by atoms with Gasteiger partial charge in [0.2, 0.25) is 5.91 Å². The van der Waals surface area contributed by atoms with Gasteiger partial charge < -0.3 is 19.3 Å². The number of ether oxygens (including phenoxy) is 2. The molecule has 15 heteroatoms. The SMILES string of the molecule is CCn1cc(-c2nc3c(nc2N2CCC(Oc4ccc(F)cc4F)CC2)CCN(C(=O)C2CC(F)(F)CN2C(=O)OC(C)(C)C)C3)cn1. The highest BCUT2D eigenvalue weighted by molar-refractivity contribution is 5.87. The number of hydrogen-bond acceptors (Lipinski definition) is 8. The van der Waals surface area contributed by atoms with Crippen LogP contribution >= 0.6 is 0 Å². The monoisotopic (exact) mass is 673 g/mol. The maximum atomic E-state index is 14.6. The number of carbonyl (C=O) groups excluding carboxylic acids is 2. The highest BCUT2D eigenvalue weighted by Crippen LogP contribution is 2.36. The van der Waals surface area contributed by atoms with Crippen LogP contribution in [0.2, 0.25) is 0 Å². The summed E-state index contributed by atoms with van der Waals surface area (Å²) in [6, 6.07) is 1.88. The Bertz CT molecular complexity index is 1690. The van der Waals surface area contributed by atoms with E-state index in [4.69, 9.17) is 19.4 Å². The quantitative estimate of drug-likeness (QED) is 0.329. The van der Waals surface area contributed by atoms with Crippen LogP contribution in [0.4, 0.5) is 28.2 Å². The minimum atomic E-state index is -3.22. The van der Waals surface area contributed by atoms with Crippen LogP contribution in [0.15, 0.2) is 30.6 Å². The molecule has 48 heavy (non-hydrogen) atoms. The van der Waals surface area contributed by atoms with Crippen LogP contribution in [0.25, 0.3) is 11.3 Å². The topological polar surface area (TPSA) is 106 Å². The van der Waals surface area contributed by atoms with Gasteiger partial charge in [-0.25, -0.2) is 32.3 Å². The number of rotatable bonds is 6. The lowest BCUT2D eigenvalue weighted by Gasteiger charge is -2.36. The number of nitrogens with zero attached hydrogens (tertiary/aromatic N) is 7. The van der Waals surface area contributed by atoms with Gasteiger partial charge in [-0.15, -0.1) is 0 Å². The van der Waals surface area contributed by atoms with Crippen molar-refractivity contribution in [2.75, 3.05) is 31.1 Å². The zero-order chi connectivity index (χ0) is 34.4. The van der Waals surface area contributed by atoms with Crippen LogP contribution in [-0.2, 0) is 29.0 Å². The fraction of sp³-hybridized carbons (Fsp3) is 0.545. The molecule has 258 valence electrons. The number of carbonyl (C=O) groups is 2. The third-order valence-corrected chi connectivity index (χ3v) is 8.65. The number of likely N-dealkylation sites (tertiary alicyclic amines) is 1. The fourth-order valence-electron chi connectivity index (χ4n) is 6.28. The summed E-state index contributed by atoms with van der Waals surface area (Å²) in [4.78, 5) is 40.9. The molecule has 0 bridgehead atoms. The Morgan fingerprint density at radius 1 is 1.06 bits per heavy atom. The average molecular weight is 674 g/mol. The van der Waals surface area contributed by atoms with Crippen LogP contribution in [0, 0.1) is 11.6 Å². The van der Waals surface area contributed by atoms with Crippen LogP contribution in [-0.4, -0.2) is 91.4 Å². The van der Waals surface area contributed by atoms with E-state index < -0.39 is 54.2 Å². The number of hydrogen-bond donors (Lipinski definition) is 0. The molecule has 3 aliphatic rings. The molecule has 3 aromatic rings. The normalized spacial score (nSPS) is 19.8. The summed E-state index contributed by atoms with van der Waals surface area (Å²) in [5.74, 6) is -4.59. The number of anilines is 1. The first-order valence-corrected chi connectivity index (χ1v) is 16.1. The van der Waals surface area contributed by atoms with Crippen molar-refractivity contribution in [2.45, 2.75) is 90.1 Å². The van der Waals surface area contributed by atoms with Crippen LogP contribution in [0.3, 0.4) is 0 Å². The number of aryl methyl sites for hydroxylation is 1. The largest absolute Gasteiger partial charge is 0.487 e. The van der Waals surface area contributed by atoms with Crippen molar-refractivity contribution < 1.29 is 36.6 Å². The van der Waals surface area contributed by atoms with E-state index in [1.165, 1.54) is 11.0 Å². The molecule has 2 fully saturated rings. The van der Waals surface area contributed by atoms with E-state index in [1.54, 1.807) is 31.6 Å². The van der Waals surface area contributed by atoms with Gasteiger partial charge in [-0.05, 0) is 39.8 Å². The molecule has 11 nitrogen and oxygen atoms in total. The van der Waals surface area contributed by atoms with Crippen molar-refractivity contribution >= 4 is 17.8 Å². The second kappa shape index (κ2) is 12.9. The van der Waals surface area contributed by atoms with E-state index >= 15 is 0 Å². The molecule has 0 spiro atoms. The van der Waals surface area contributed by atoms with Gasteiger partial charge >= 0.3 is 6.09 Å². The Labute approximate surface area is 275 Å². The molecule has 2 amide bonds. The number of alkyl halides is 2. The van der Waals surface area contributed by atoms with E-state index in [0.29, 0.717) is 61.8 Å². The van der Waals surface area contributed by atoms with Crippen LogP contribution in [0.1, 0.15) is 58.3 Å². The van der Waals surface area contributed by atoms with Crippen molar-refractivity contribution in [1.29, 1.82) is 0 Å². The molecule has 5 heterocycles. The van der Waals surface area contributed by atoms with Gasteiger partial charge in [0.05, 0.1) is 30.7 Å². The van der Waals surface area contributed by atoms with Gasteiger partial charge in [0.25, 0.3) is 5.92 Å². The molecule has 6 rings (SSSR count). The highest BCUT2D eigenvalue weighted by atomic mass is 19.3. The number of halogens is 4. The third-order valence-electron chi connectivity index (χ3n) is 8.65. The summed E-state index contributed by atoms with van der Waals surface area (Å²) < 4.78 is 69.7. The molecular formula is C33H39F4N7O4. The Kier molecular flexibility index (Phi) is 8.98. The fourth-order valence-corrected chi connectivity index (χ4v) is 6.28. The maximum absolute atomic E-state index is 14.6. The van der Waals surface area contributed by atoms with Crippen molar-refractivity contribution in [3.63, 3.8) is 0 Å². The Morgan fingerprint density at radius 3 is 2.48 bits per heavy atom. The molecule has 2 saturated heterocycles. The number of amides is 2. The smallest absolute Gasteiger partial charge is 0.411 e. The summed E-state index contributed by atoms with van der Waals surface area (Å²) in [6.07, 6.45) is 3.01. The number of piperidine rings is 1. The van der Waals surface area contributed by atoms with E-state index in [-0.39, 0.29) is 24.9 Å². The molecule has 0 N–H and O–H groups in total. The summed E-state index contributed by atoms with van der Waals surface area (Å²) in [5, 5.41) is 4.41. The van der Waals surface area contributed by atoms with Gasteiger partial charge in [-0.1, -0.05) is 0 Å². The summed E-state index contributed by atoms with van der Waals surface area (Å²) in [6.45, 7) is 7.95. The van der Waals surface area contributed by atoms with Crippen molar-refractivity contribution in [3.8, 4) is 17.0 Å². The molecule has 2 aromatic heterocycles. The molecule has 0 aliphatic carbocycles. The first kappa shape index (κ1) is 33.5. The van der Waals surface area contributed by atoms with Gasteiger partial charge in [-0.2, -0.15) is 5.10 Å². The van der Waals surface area contributed by atoms with E-state index in [1.807, 2.05) is 13.1 Å². The van der Waals surface area contributed by atoms with Crippen molar-refractivity contribution in [1.82, 2.24) is 29.5 Å². The number of fused-ring (bicyclic) bond motifs is 1. The summed E-state index contributed by atoms with van der Waals surface area (Å²) >= 11 is 0. The van der Waals surface area contributed by atoms with E-state index in [2.05, 4.69) is 10.00 Å². The molecule has 0 radical (unpaired) electrons. The highest BCUT2D eigenvalue weighted by Gasteiger charge is 2.52. The van der Waals surface area contributed by atoms with Gasteiger partial charge in [0, 0.05) is 69.7 Å². The number of aromatic nitrogens is 4. The lowest BCUT2D eigenvalue weighted by molar-refractivity contribution is -0.137. The molecule has 3 aliphatic heterocycles. The first-order chi connectivity index (χ1) is 22.7. The van der Waals surface area contributed by atoms with E-state index in [0.717, 1.165) is 22.6 Å².